The minimum absolute atomic E-state index is 0. The molecule has 1 aromatic carbocycles. The average Bonchev–Trinajstić information content (AvgIpc) is 3.16. The fraction of sp³-hybridized carbons (Fsp3) is 0.600. The van der Waals surface area contributed by atoms with Gasteiger partial charge in [-0.15, -0.1) is 0 Å². The summed E-state index contributed by atoms with van der Waals surface area (Å²) in [6.07, 6.45) is 8.48. The SMILES string of the molecule is Cn1cnc(C(=O)N[C@H]2CCC3(CCN(CCC(C)(C)C)CC3)c3cc(F)ccc32)c1.[HH]. The molecule has 2 aromatic rings. The van der Waals surface area contributed by atoms with Gasteiger partial charge in [-0.25, -0.2) is 9.37 Å². The lowest BCUT2D eigenvalue weighted by atomic mass is 9.63. The van der Waals surface area contributed by atoms with Gasteiger partial charge in [-0.1, -0.05) is 26.8 Å². The summed E-state index contributed by atoms with van der Waals surface area (Å²) in [7, 11) is 1.85. The molecule has 4 rings (SSSR count). The van der Waals surface area contributed by atoms with Crippen molar-refractivity contribution in [3.8, 4) is 0 Å². The van der Waals surface area contributed by atoms with E-state index in [0.29, 0.717) is 11.1 Å². The number of aryl methyl sites for hydroxylation is 1. The van der Waals surface area contributed by atoms with E-state index in [9.17, 15) is 9.18 Å². The zero-order valence-electron chi connectivity index (χ0n) is 19.2. The maximum absolute atomic E-state index is 14.3. The first-order valence-electron chi connectivity index (χ1n) is 11.5. The largest absolute Gasteiger partial charge is 0.344 e. The molecule has 170 valence electrons. The molecule has 2 aliphatic rings. The molecular formula is C25H37FN4O. The predicted molar refractivity (Wildman–Crippen MR) is 123 cm³/mol. The van der Waals surface area contributed by atoms with Crippen LogP contribution in [0.25, 0.3) is 0 Å². The normalized spacial score (nSPS) is 21.1. The molecule has 2 heterocycles. The van der Waals surface area contributed by atoms with Crippen molar-refractivity contribution in [2.24, 2.45) is 12.5 Å². The van der Waals surface area contributed by atoms with Crippen LogP contribution < -0.4 is 5.32 Å². The summed E-state index contributed by atoms with van der Waals surface area (Å²) in [5.41, 5.74) is 2.94. The number of nitrogens with zero attached hydrogens (tertiary/aromatic N) is 3. The third-order valence-electron chi connectivity index (χ3n) is 7.11. The molecule has 0 saturated carbocycles. The Hall–Kier alpha value is -2.21. The molecular weight excluding hydrogens is 391 g/mol. The molecule has 1 spiro atoms. The van der Waals surface area contributed by atoms with Crippen LogP contribution in [-0.2, 0) is 12.5 Å². The number of likely N-dealkylation sites (tertiary alicyclic amines) is 1. The second-order valence-electron chi connectivity index (χ2n) is 10.7. The molecule has 1 amide bonds. The van der Waals surface area contributed by atoms with Gasteiger partial charge in [0.1, 0.15) is 11.5 Å². The van der Waals surface area contributed by atoms with Gasteiger partial charge in [0.2, 0.25) is 0 Å². The highest BCUT2D eigenvalue weighted by molar-refractivity contribution is 5.92. The van der Waals surface area contributed by atoms with Crippen LogP contribution in [0, 0.1) is 11.2 Å². The van der Waals surface area contributed by atoms with Crippen LogP contribution in [0.15, 0.2) is 30.7 Å². The van der Waals surface area contributed by atoms with Gasteiger partial charge in [-0.05, 0) is 85.8 Å². The number of carbonyl (C=O) groups is 1. The van der Waals surface area contributed by atoms with Crippen LogP contribution >= 0.6 is 0 Å². The summed E-state index contributed by atoms with van der Waals surface area (Å²) in [6, 6.07) is 5.02. The Labute approximate surface area is 186 Å². The molecule has 6 heteroatoms. The number of aromatic nitrogens is 2. The van der Waals surface area contributed by atoms with E-state index in [4.69, 9.17) is 0 Å². The first-order valence-corrected chi connectivity index (χ1v) is 11.5. The Bertz CT molecular complexity index is 944. The molecule has 1 aliphatic carbocycles. The summed E-state index contributed by atoms with van der Waals surface area (Å²) >= 11 is 0. The van der Waals surface area contributed by atoms with Crippen LogP contribution in [0.3, 0.4) is 0 Å². The van der Waals surface area contributed by atoms with Crippen molar-refractivity contribution in [2.45, 2.75) is 64.3 Å². The molecule has 1 aliphatic heterocycles. The number of fused-ring (bicyclic) bond motifs is 2. The molecule has 1 N–H and O–H groups in total. The lowest BCUT2D eigenvalue weighted by Crippen LogP contribution is -2.46. The maximum Gasteiger partial charge on any atom is 0.271 e. The lowest BCUT2D eigenvalue weighted by Gasteiger charge is -2.47. The number of halogens is 1. The van der Waals surface area contributed by atoms with Crippen molar-refractivity contribution in [2.75, 3.05) is 19.6 Å². The highest BCUT2D eigenvalue weighted by Gasteiger charge is 2.42. The lowest BCUT2D eigenvalue weighted by molar-refractivity contribution is 0.0909. The zero-order valence-corrected chi connectivity index (χ0v) is 19.2. The standard InChI is InChI=1S/C25H35FN4O.H2/c1-24(2,3)9-12-30-13-10-25(11-14-30)8-7-21(19-6-5-18(26)15-20(19)25)28-23(31)22-16-29(4)17-27-22;/h5-6,15-17,21H,7-14H2,1-4H3,(H,28,31);1H/t21-;/m0./s1. The molecule has 0 unspecified atom stereocenters. The van der Waals surface area contributed by atoms with Crippen molar-refractivity contribution in [1.82, 2.24) is 19.8 Å². The van der Waals surface area contributed by atoms with E-state index in [1.165, 1.54) is 12.5 Å². The van der Waals surface area contributed by atoms with Gasteiger partial charge in [-0.2, -0.15) is 0 Å². The van der Waals surface area contributed by atoms with Gasteiger partial charge in [0.25, 0.3) is 5.91 Å². The van der Waals surface area contributed by atoms with Gasteiger partial charge in [-0.3, -0.25) is 4.79 Å². The Morgan fingerprint density at radius 2 is 2.03 bits per heavy atom. The second kappa shape index (κ2) is 8.38. The number of benzene rings is 1. The van der Waals surface area contributed by atoms with E-state index >= 15 is 0 Å². The van der Waals surface area contributed by atoms with Crippen LogP contribution in [0.1, 0.15) is 82.0 Å². The van der Waals surface area contributed by atoms with Gasteiger partial charge in [0.05, 0.1) is 12.4 Å². The smallest absolute Gasteiger partial charge is 0.271 e. The Kier molecular flexibility index (Phi) is 5.95. The molecule has 0 bridgehead atoms. The monoisotopic (exact) mass is 428 g/mol. The molecule has 1 fully saturated rings. The second-order valence-corrected chi connectivity index (χ2v) is 10.7. The first kappa shape index (κ1) is 22.0. The number of imidazole rings is 1. The van der Waals surface area contributed by atoms with E-state index in [-0.39, 0.29) is 24.6 Å². The number of piperidine rings is 1. The quantitative estimate of drug-likeness (QED) is 0.758. The number of nitrogens with one attached hydrogen (secondary N) is 1. The Balaban J connectivity index is 0.00000289. The van der Waals surface area contributed by atoms with Gasteiger partial charge in [0, 0.05) is 14.7 Å². The van der Waals surface area contributed by atoms with Crippen LogP contribution in [0.4, 0.5) is 4.39 Å². The van der Waals surface area contributed by atoms with E-state index in [2.05, 4.69) is 36.0 Å². The average molecular weight is 429 g/mol. The predicted octanol–water partition coefficient (Wildman–Crippen LogP) is 4.84. The molecule has 0 radical (unpaired) electrons. The Morgan fingerprint density at radius 3 is 2.68 bits per heavy atom. The summed E-state index contributed by atoms with van der Waals surface area (Å²) in [4.78, 5) is 19.4. The highest BCUT2D eigenvalue weighted by atomic mass is 19.1. The molecule has 1 atom stereocenters. The van der Waals surface area contributed by atoms with Crippen molar-refractivity contribution < 1.29 is 10.6 Å². The van der Waals surface area contributed by atoms with Crippen LogP contribution in [0.5, 0.6) is 0 Å². The topological polar surface area (TPSA) is 50.2 Å². The van der Waals surface area contributed by atoms with Crippen molar-refractivity contribution >= 4 is 5.91 Å². The van der Waals surface area contributed by atoms with Crippen LogP contribution in [-0.4, -0.2) is 40.0 Å². The first-order chi connectivity index (χ1) is 14.7. The van der Waals surface area contributed by atoms with Gasteiger partial charge < -0.3 is 14.8 Å². The third-order valence-corrected chi connectivity index (χ3v) is 7.11. The zero-order chi connectivity index (χ0) is 22.2. The summed E-state index contributed by atoms with van der Waals surface area (Å²) in [5.74, 6) is -0.362. The van der Waals surface area contributed by atoms with Crippen molar-refractivity contribution in [3.63, 3.8) is 0 Å². The molecule has 31 heavy (non-hydrogen) atoms. The van der Waals surface area contributed by atoms with E-state index in [1.54, 1.807) is 23.2 Å². The number of hydrogen-bond acceptors (Lipinski definition) is 3. The fourth-order valence-corrected chi connectivity index (χ4v) is 5.13. The summed E-state index contributed by atoms with van der Waals surface area (Å²) in [5, 5.41) is 3.14. The number of hydrogen-bond donors (Lipinski definition) is 1. The highest BCUT2D eigenvalue weighted by Crippen LogP contribution is 2.48. The van der Waals surface area contributed by atoms with Crippen molar-refractivity contribution in [3.05, 3.63) is 53.4 Å². The Morgan fingerprint density at radius 1 is 1.29 bits per heavy atom. The molecule has 1 saturated heterocycles. The van der Waals surface area contributed by atoms with E-state index < -0.39 is 0 Å². The summed E-state index contributed by atoms with van der Waals surface area (Å²) < 4.78 is 16.1. The maximum atomic E-state index is 14.3. The van der Waals surface area contributed by atoms with Gasteiger partial charge in [0.15, 0.2) is 0 Å². The number of carbonyl (C=O) groups excluding carboxylic acids is 1. The number of rotatable bonds is 4. The van der Waals surface area contributed by atoms with Crippen LogP contribution in [0.2, 0.25) is 0 Å². The minimum Gasteiger partial charge on any atom is -0.344 e. The molecule has 5 nitrogen and oxygen atoms in total. The van der Waals surface area contributed by atoms with E-state index in [0.717, 1.165) is 56.4 Å². The third kappa shape index (κ3) is 4.84. The molecule has 1 aromatic heterocycles. The fourth-order valence-electron chi connectivity index (χ4n) is 5.13. The van der Waals surface area contributed by atoms with Crippen molar-refractivity contribution in [1.29, 1.82) is 0 Å². The number of amides is 1. The van der Waals surface area contributed by atoms with E-state index in [1.807, 2.05) is 13.1 Å². The van der Waals surface area contributed by atoms with Gasteiger partial charge >= 0.3 is 0 Å². The minimum atomic E-state index is -0.190. The summed E-state index contributed by atoms with van der Waals surface area (Å²) in [6.45, 7) is 10.1.